The molecule has 0 spiro atoms. The highest BCUT2D eigenvalue weighted by Crippen LogP contribution is 2.10. The molecule has 0 aromatic heterocycles. The summed E-state index contributed by atoms with van der Waals surface area (Å²) >= 11 is 0. The molecular weight excluding hydrogens is 156 g/mol. The van der Waals surface area contributed by atoms with Gasteiger partial charge in [-0.3, -0.25) is 0 Å². The van der Waals surface area contributed by atoms with Crippen molar-refractivity contribution in [3.05, 3.63) is 0 Å². The first-order valence-corrected chi connectivity index (χ1v) is 4.33. The van der Waals surface area contributed by atoms with Gasteiger partial charge in [-0.1, -0.05) is 0 Å². The highest BCUT2D eigenvalue weighted by molar-refractivity contribution is 5.74. The average molecular weight is 172 g/mol. The molecule has 0 bridgehead atoms. The van der Waals surface area contributed by atoms with E-state index >= 15 is 0 Å². The summed E-state index contributed by atoms with van der Waals surface area (Å²) in [6.07, 6.45) is 0.391. The molecule has 1 heterocycles. The smallest absolute Gasteiger partial charge is 0.319 e. The van der Waals surface area contributed by atoms with Crippen molar-refractivity contribution in [2.75, 3.05) is 26.7 Å². The number of rotatable bonds is 1. The molecule has 0 unspecified atom stereocenters. The van der Waals surface area contributed by atoms with Crippen LogP contribution >= 0.6 is 0 Å². The van der Waals surface area contributed by atoms with Crippen LogP contribution in [0.25, 0.3) is 0 Å². The van der Waals surface area contributed by atoms with E-state index in [2.05, 4.69) is 0 Å². The Labute approximate surface area is 72.8 Å². The fourth-order valence-electron chi connectivity index (χ4n) is 1.29. The fraction of sp³-hybridized carbons (Fsp3) is 0.875. The number of carbonyl (C=O) groups is 1. The Hall–Kier alpha value is -0.770. The van der Waals surface area contributed by atoms with E-state index in [1.807, 2.05) is 6.92 Å². The van der Waals surface area contributed by atoms with Crippen molar-refractivity contribution in [1.29, 1.82) is 0 Å². The van der Waals surface area contributed by atoms with Crippen molar-refractivity contribution in [2.45, 2.75) is 19.4 Å². The number of carbonyl (C=O) groups excluding carboxylic acids is 1. The molecule has 0 aromatic carbocycles. The maximum Gasteiger partial charge on any atom is 0.319 e. The van der Waals surface area contributed by atoms with Crippen LogP contribution in [0.2, 0.25) is 0 Å². The van der Waals surface area contributed by atoms with Gasteiger partial charge in [0.15, 0.2) is 0 Å². The molecule has 0 radical (unpaired) electrons. The van der Waals surface area contributed by atoms with Crippen molar-refractivity contribution in [3.8, 4) is 0 Å². The Kier molecular flexibility index (Phi) is 2.92. The van der Waals surface area contributed by atoms with Crippen LogP contribution in [0.5, 0.6) is 0 Å². The Bertz CT molecular complexity index is 172. The molecule has 1 aliphatic rings. The third kappa shape index (κ3) is 1.88. The van der Waals surface area contributed by atoms with E-state index in [0.29, 0.717) is 26.1 Å². The van der Waals surface area contributed by atoms with Crippen molar-refractivity contribution in [3.63, 3.8) is 0 Å². The number of amides is 2. The number of likely N-dealkylation sites (tertiary alicyclic amines) is 1. The lowest BCUT2D eigenvalue weighted by molar-refractivity contribution is 0.154. The summed E-state index contributed by atoms with van der Waals surface area (Å²) in [6, 6.07) is 0.0223. The zero-order chi connectivity index (χ0) is 9.14. The van der Waals surface area contributed by atoms with Gasteiger partial charge in [0, 0.05) is 26.7 Å². The first-order chi connectivity index (χ1) is 5.65. The Morgan fingerprint density at radius 3 is 2.83 bits per heavy atom. The van der Waals surface area contributed by atoms with Gasteiger partial charge in [0.2, 0.25) is 0 Å². The highest BCUT2D eigenvalue weighted by atomic mass is 16.3. The summed E-state index contributed by atoms with van der Waals surface area (Å²) in [5, 5.41) is 9.19. The molecule has 1 rings (SSSR count). The van der Waals surface area contributed by atoms with E-state index in [1.165, 1.54) is 0 Å². The van der Waals surface area contributed by atoms with Crippen LogP contribution in [-0.2, 0) is 0 Å². The minimum Gasteiger partial charge on any atom is -0.391 e. The van der Waals surface area contributed by atoms with Crippen LogP contribution in [0.3, 0.4) is 0 Å². The van der Waals surface area contributed by atoms with E-state index in [9.17, 15) is 9.90 Å². The van der Waals surface area contributed by atoms with Crippen LogP contribution in [0.1, 0.15) is 13.3 Å². The number of hydrogen-bond donors (Lipinski definition) is 1. The molecular formula is C8H16N2O2. The summed E-state index contributed by atoms with van der Waals surface area (Å²) in [6.45, 7) is 3.82. The van der Waals surface area contributed by atoms with Gasteiger partial charge in [0.1, 0.15) is 0 Å². The van der Waals surface area contributed by atoms with E-state index in [0.717, 1.165) is 0 Å². The lowest BCUT2D eigenvalue weighted by Gasteiger charge is -2.22. The molecule has 0 aliphatic carbocycles. The van der Waals surface area contributed by atoms with Crippen molar-refractivity contribution in [2.24, 2.45) is 0 Å². The molecule has 12 heavy (non-hydrogen) atoms. The highest BCUT2D eigenvalue weighted by Gasteiger charge is 2.25. The molecule has 4 nitrogen and oxygen atoms in total. The molecule has 70 valence electrons. The summed E-state index contributed by atoms with van der Waals surface area (Å²) in [4.78, 5) is 14.8. The van der Waals surface area contributed by atoms with Crippen LogP contribution in [0.4, 0.5) is 4.79 Å². The first kappa shape index (κ1) is 9.32. The lowest BCUT2D eigenvalue weighted by atomic mass is 10.3. The summed E-state index contributed by atoms with van der Waals surface area (Å²) in [7, 11) is 1.77. The van der Waals surface area contributed by atoms with Gasteiger partial charge in [0.05, 0.1) is 6.10 Å². The predicted molar refractivity (Wildman–Crippen MR) is 45.9 cm³/mol. The summed E-state index contributed by atoms with van der Waals surface area (Å²) < 4.78 is 0. The Morgan fingerprint density at radius 2 is 2.42 bits per heavy atom. The van der Waals surface area contributed by atoms with Crippen molar-refractivity contribution >= 4 is 6.03 Å². The Balaban J connectivity index is 2.43. The molecule has 4 heteroatoms. The van der Waals surface area contributed by atoms with Crippen LogP contribution in [0, 0.1) is 0 Å². The molecule has 2 amide bonds. The zero-order valence-corrected chi connectivity index (χ0v) is 7.66. The largest absolute Gasteiger partial charge is 0.391 e. The number of hydrogen-bond acceptors (Lipinski definition) is 2. The van der Waals surface area contributed by atoms with Gasteiger partial charge < -0.3 is 14.9 Å². The van der Waals surface area contributed by atoms with Crippen LogP contribution in [0.15, 0.2) is 0 Å². The summed E-state index contributed by atoms with van der Waals surface area (Å²) in [5.41, 5.74) is 0. The van der Waals surface area contributed by atoms with Gasteiger partial charge in [-0.25, -0.2) is 4.79 Å². The molecule has 0 saturated carbocycles. The van der Waals surface area contributed by atoms with Crippen molar-refractivity contribution < 1.29 is 9.90 Å². The van der Waals surface area contributed by atoms with E-state index in [4.69, 9.17) is 0 Å². The third-order valence-corrected chi connectivity index (χ3v) is 2.23. The topological polar surface area (TPSA) is 43.8 Å². The quantitative estimate of drug-likeness (QED) is 0.610. The second kappa shape index (κ2) is 3.76. The third-order valence-electron chi connectivity index (χ3n) is 2.23. The van der Waals surface area contributed by atoms with Crippen LogP contribution < -0.4 is 0 Å². The minimum absolute atomic E-state index is 0.0223. The monoisotopic (exact) mass is 172 g/mol. The SMILES string of the molecule is CCN(C)C(=O)N1CC[C@H](O)C1. The average Bonchev–Trinajstić information content (AvgIpc) is 2.49. The van der Waals surface area contributed by atoms with E-state index in [1.54, 1.807) is 16.8 Å². The van der Waals surface area contributed by atoms with Gasteiger partial charge in [-0.05, 0) is 13.3 Å². The van der Waals surface area contributed by atoms with Gasteiger partial charge in [-0.15, -0.1) is 0 Å². The number of aliphatic hydroxyl groups is 1. The maximum atomic E-state index is 11.5. The van der Waals surface area contributed by atoms with E-state index in [-0.39, 0.29) is 12.1 Å². The molecule has 1 N–H and O–H groups in total. The molecule has 1 saturated heterocycles. The maximum absolute atomic E-state index is 11.5. The minimum atomic E-state index is -0.320. The molecule has 0 aromatic rings. The standard InChI is InChI=1S/C8H16N2O2/c1-3-9(2)8(12)10-5-4-7(11)6-10/h7,11H,3-6H2,1-2H3/t7-/m0/s1. The number of β-amino-alcohol motifs (C(OH)–C–C–N with tert-alkyl or cyclic N) is 1. The normalized spacial score (nSPS) is 22.9. The lowest BCUT2D eigenvalue weighted by Crippen LogP contribution is -2.40. The van der Waals surface area contributed by atoms with Crippen molar-refractivity contribution in [1.82, 2.24) is 9.80 Å². The fourth-order valence-corrected chi connectivity index (χ4v) is 1.29. The summed E-state index contributed by atoms with van der Waals surface area (Å²) in [5.74, 6) is 0. The first-order valence-electron chi connectivity index (χ1n) is 4.33. The second-order valence-corrected chi connectivity index (χ2v) is 3.19. The predicted octanol–water partition coefficient (Wildman–Crippen LogP) is 0.125. The number of nitrogens with zero attached hydrogens (tertiary/aromatic N) is 2. The van der Waals surface area contributed by atoms with Gasteiger partial charge in [-0.2, -0.15) is 0 Å². The molecule has 1 atom stereocenters. The number of urea groups is 1. The van der Waals surface area contributed by atoms with Gasteiger partial charge >= 0.3 is 6.03 Å². The Morgan fingerprint density at radius 1 is 1.75 bits per heavy atom. The van der Waals surface area contributed by atoms with Crippen LogP contribution in [-0.4, -0.2) is 53.7 Å². The van der Waals surface area contributed by atoms with Gasteiger partial charge in [0.25, 0.3) is 0 Å². The second-order valence-electron chi connectivity index (χ2n) is 3.19. The van der Waals surface area contributed by atoms with E-state index < -0.39 is 0 Å². The molecule has 1 fully saturated rings. The molecule has 1 aliphatic heterocycles. The zero-order valence-electron chi connectivity index (χ0n) is 7.66. The number of aliphatic hydroxyl groups excluding tert-OH is 1.